The molecule has 0 fully saturated rings. The molecule has 6 heteroatoms. The van der Waals surface area contributed by atoms with E-state index in [-0.39, 0.29) is 5.56 Å². The third-order valence-electron chi connectivity index (χ3n) is 4.20. The molecule has 1 aliphatic heterocycles. The summed E-state index contributed by atoms with van der Waals surface area (Å²) >= 11 is 5.81. The minimum absolute atomic E-state index is 0.0685. The van der Waals surface area contributed by atoms with E-state index in [0.29, 0.717) is 24.1 Å². The van der Waals surface area contributed by atoms with Gasteiger partial charge in [0.05, 0.1) is 17.8 Å². The van der Waals surface area contributed by atoms with Crippen LogP contribution < -0.4 is 5.56 Å². The van der Waals surface area contributed by atoms with E-state index in [9.17, 15) is 4.79 Å². The molecule has 2 aromatic heterocycles. The van der Waals surface area contributed by atoms with E-state index >= 15 is 0 Å². The van der Waals surface area contributed by atoms with Crippen molar-refractivity contribution in [2.24, 2.45) is 0 Å². The molecule has 0 aliphatic carbocycles. The van der Waals surface area contributed by atoms with E-state index < -0.39 is 0 Å². The summed E-state index contributed by atoms with van der Waals surface area (Å²) in [5, 5.41) is 0.384. The second-order valence-corrected chi connectivity index (χ2v) is 6.24. The molecular formula is C18H16ClN3O2. The average Bonchev–Trinajstić information content (AvgIpc) is 3.01. The molecule has 3 aromatic rings. The second-order valence-electron chi connectivity index (χ2n) is 5.87. The third kappa shape index (κ3) is 3.00. The number of furan rings is 1. The van der Waals surface area contributed by atoms with E-state index in [1.54, 1.807) is 6.07 Å². The van der Waals surface area contributed by atoms with E-state index in [2.05, 4.69) is 14.9 Å². The van der Waals surface area contributed by atoms with Crippen molar-refractivity contribution in [3.05, 3.63) is 75.1 Å². The lowest BCUT2D eigenvalue weighted by Crippen LogP contribution is -2.35. The largest absolute Gasteiger partial charge is 0.448 e. The van der Waals surface area contributed by atoms with Gasteiger partial charge in [-0.2, -0.15) is 0 Å². The first-order valence-electron chi connectivity index (χ1n) is 7.83. The molecule has 0 saturated carbocycles. The van der Waals surface area contributed by atoms with Gasteiger partial charge >= 0.3 is 0 Å². The van der Waals surface area contributed by atoms with Crippen molar-refractivity contribution in [3.63, 3.8) is 0 Å². The summed E-state index contributed by atoms with van der Waals surface area (Å²) in [5.41, 5.74) is 2.47. The van der Waals surface area contributed by atoms with Gasteiger partial charge in [0.15, 0.2) is 5.22 Å². The van der Waals surface area contributed by atoms with Crippen LogP contribution in [-0.2, 0) is 19.5 Å². The lowest BCUT2D eigenvalue weighted by molar-refractivity contribution is 0.222. The molecule has 3 heterocycles. The Bertz CT molecular complexity index is 918. The molecule has 0 bridgehead atoms. The Morgan fingerprint density at radius 1 is 1.21 bits per heavy atom. The lowest BCUT2D eigenvalue weighted by Gasteiger charge is -2.26. The standard InChI is InChI=1S/C18H16ClN3O2/c19-16-7-6-13(24-16)10-22-9-8-15-14(11-22)18(23)21-17(20-15)12-4-2-1-3-5-12/h1-7H,8-11H2,(H,20,21,23). The number of hydrogen-bond donors (Lipinski definition) is 1. The zero-order valence-electron chi connectivity index (χ0n) is 13.0. The Hall–Kier alpha value is -2.37. The molecule has 24 heavy (non-hydrogen) atoms. The number of aromatic nitrogens is 2. The highest BCUT2D eigenvalue weighted by atomic mass is 35.5. The monoisotopic (exact) mass is 341 g/mol. The molecule has 1 N–H and O–H groups in total. The minimum Gasteiger partial charge on any atom is -0.448 e. The lowest BCUT2D eigenvalue weighted by atomic mass is 10.1. The minimum atomic E-state index is -0.0685. The molecule has 0 amide bonds. The summed E-state index contributed by atoms with van der Waals surface area (Å²) < 4.78 is 5.40. The first-order chi connectivity index (χ1) is 11.7. The number of fused-ring (bicyclic) bond motifs is 1. The first-order valence-corrected chi connectivity index (χ1v) is 8.21. The number of hydrogen-bond acceptors (Lipinski definition) is 4. The van der Waals surface area contributed by atoms with E-state index in [1.165, 1.54) is 0 Å². The maximum atomic E-state index is 12.5. The SMILES string of the molecule is O=c1[nH]c(-c2ccccc2)nc2c1CN(Cc1ccc(Cl)o1)CC2. The number of nitrogens with one attached hydrogen (secondary N) is 1. The highest BCUT2D eigenvalue weighted by Gasteiger charge is 2.22. The smallest absolute Gasteiger partial charge is 0.255 e. The Balaban J connectivity index is 1.59. The number of nitrogens with zero attached hydrogens (tertiary/aromatic N) is 2. The van der Waals surface area contributed by atoms with Gasteiger partial charge in [0.2, 0.25) is 0 Å². The highest BCUT2D eigenvalue weighted by molar-refractivity contribution is 6.28. The van der Waals surface area contributed by atoms with Gasteiger partial charge in [-0.1, -0.05) is 30.3 Å². The van der Waals surface area contributed by atoms with E-state index in [0.717, 1.165) is 35.5 Å². The molecule has 5 nitrogen and oxygen atoms in total. The van der Waals surface area contributed by atoms with Crippen molar-refractivity contribution >= 4 is 11.6 Å². The number of aromatic amines is 1. The number of benzene rings is 1. The van der Waals surface area contributed by atoms with Crippen LogP contribution in [0, 0.1) is 0 Å². The molecule has 4 rings (SSSR count). The van der Waals surface area contributed by atoms with E-state index in [4.69, 9.17) is 16.0 Å². The van der Waals surface area contributed by atoms with Crippen molar-refractivity contribution in [2.45, 2.75) is 19.5 Å². The average molecular weight is 342 g/mol. The highest BCUT2D eigenvalue weighted by Crippen LogP contribution is 2.21. The van der Waals surface area contributed by atoms with Crippen LogP contribution >= 0.6 is 11.6 Å². The molecule has 0 saturated heterocycles. The van der Waals surface area contributed by atoms with Crippen molar-refractivity contribution in [3.8, 4) is 11.4 Å². The second kappa shape index (κ2) is 6.26. The Kier molecular flexibility index (Phi) is 3.96. The molecule has 1 aromatic carbocycles. The molecule has 0 spiro atoms. The maximum absolute atomic E-state index is 12.5. The van der Waals surface area contributed by atoms with Gasteiger partial charge in [0.1, 0.15) is 11.6 Å². The predicted molar refractivity (Wildman–Crippen MR) is 91.8 cm³/mol. The van der Waals surface area contributed by atoms with Crippen molar-refractivity contribution in [1.82, 2.24) is 14.9 Å². The van der Waals surface area contributed by atoms with Gasteiger partial charge in [0, 0.05) is 25.1 Å². The van der Waals surface area contributed by atoms with Crippen LogP contribution in [-0.4, -0.2) is 21.4 Å². The molecule has 0 atom stereocenters. The molecule has 0 unspecified atom stereocenters. The van der Waals surface area contributed by atoms with Crippen LogP contribution in [0.4, 0.5) is 0 Å². The van der Waals surface area contributed by atoms with Crippen molar-refractivity contribution < 1.29 is 4.42 Å². The van der Waals surface area contributed by atoms with E-state index in [1.807, 2.05) is 36.4 Å². The molecular weight excluding hydrogens is 326 g/mol. The van der Waals surface area contributed by atoms with Gasteiger partial charge < -0.3 is 9.40 Å². The van der Waals surface area contributed by atoms with Gasteiger partial charge in [-0.05, 0) is 23.7 Å². The van der Waals surface area contributed by atoms with Gasteiger partial charge in [-0.25, -0.2) is 4.98 Å². The summed E-state index contributed by atoms with van der Waals surface area (Å²) in [7, 11) is 0. The van der Waals surface area contributed by atoms with Gasteiger partial charge in [-0.15, -0.1) is 0 Å². The van der Waals surface area contributed by atoms with Crippen LogP contribution in [0.25, 0.3) is 11.4 Å². The van der Waals surface area contributed by atoms with Crippen LogP contribution in [0.3, 0.4) is 0 Å². The van der Waals surface area contributed by atoms with Crippen molar-refractivity contribution in [2.75, 3.05) is 6.54 Å². The summed E-state index contributed by atoms with van der Waals surface area (Å²) in [6, 6.07) is 13.3. The summed E-state index contributed by atoms with van der Waals surface area (Å²) in [5.74, 6) is 1.43. The zero-order chi connectivity index (χ0) is 16.5. The fourth-order valence-corrected chi connectivity index (χ4v) is 3.17. The predicted octanol–water partition coefficient (Wildman–Crippen LogP) is 3.24. The Morgan fingerprint density at radius 2 is 2.04 bits per heavy atom. The Morgan fingerprint density at radius 3 is 2.79 bits per heavy atom. The summed E-state index contributed by atoms with van der Waals surface area (Å²) in [4.78, 5) is 22.2. The normalized spacial score (nSPS) is 14.5. The fraction of sp³-hybridized carbons (Fsp3) is 0.222. The Labute approximate surface area is 143 Å². The third-order valence-corrected chi connectivity index (χ3v) is 4.41. The number of halogens is 1. The van der Waals surface area contributed by atoms with Gasteiger partial charge in [-0.3, -0.25) is 9.69 Å². The number of rotatable bonds is 3. The zero-order valence-corrected chi connectivity index (χ0v) is 13.7. The van der Waals surface area contributed by atoms with Crippen LogP contribution in [0.2, 0.25) is 5.22 Å². The quantitative estimate of drug-likeness (QED) is 0.794. The van der Waals surface area contributed by atoms with Crippen molar-refractivity contribution in [1.29, 1.82) is 0 Å². The number of H-pyrrole nitrogens is 1. The molecule has 0 radical (unpaired) electrons. The molecule has 1 aliphatic rings. The summed E-state index contributed by atoms with van der Waals surface area (Å²) in [6.45, 7) is 2.02. The van der Waals surface area contributed by atoms with Gasteiger partial charge in [0.25, 0.3) is 5.56 Å². The summed E-state index contributed by atoms with van der Waals surface area (Å²) in [6.07, 6.45) is 0.744. The van der Waals surface area contributed by atoms with Crippen LogP contribution in [0.5, 0.6) is 0 Å². The first kappa shape index (κ1) is 15.2. The van der Waals surface area contributed by atoms with Crippen LogP contribution in [0.1, 0.15) is 17.0 Å². The maximum Gasteiger partial charge on any atom is 0.255 e. The molecule has 122 valence electrons. The fourth-order valence-electron chi connectivity index (χ4n) is 3.01. The van der Waals surface area contributed by atoms with Crippen LogP contribution in [0.15, 0.2) is 51.7 Å². The topological polar surface area (TPSA) is 62.1 Å².